The molecule has 1 unspecified atom stereocenters. The lowest BCUT2D eigenvalue weighted by atomic mass is 9.99. The van der Waals surface area contributed by atoms with Crippen LogP contribution in [0.4, 0.5) is 0 Å². The molecule has 7 heteroatoms. The van der Waals surface area contributed by atoms with E-state index in [1.54, 1.807) is 6.07 Å². The van der Waals surface area contributed by atoms with Gasteiger partial charge < -0.3 is 10.0 Å². The number of hydrogen-bond donors (Lipinski definition) is 1. The lowest BCUT2D eigenvalue weighted by Gasteiger charge is -2.33. The van der Waals surface area contributed by atoms with E-state index in [0.29, 0.717) is 18.5 Å². The monoisotopic (exact) mass is 322 g/mol. The molecule has 1 N–H and O–H groups in total. The van der Waals surface area contributed by atoms with Gasteiger partial charge in [0.1, 0.15) is 0 Å². The third kappa shape index (κ3) is 2.41. The van der Waals surface area contributed by atoms with Crippen molar-refractivity contribution in [1.29, 1.82) is 0 Å². The van der Waals surface area contributed by atoms with Crippen LogP contribution in [-0.2, 0) is 11.2 Å². The number of thiophene rings is 1. The Balaban J connectivity index is 2.00. The number of carboxylic acid groups (broad SMARTS) is 1. The molecule has 0 bridgehead atoms. The second kappa shape index (κ2) is 5.46. The first-order chi connectivity index (χ1) is 10.1. The zero-order valence-corrected chi connectivity index (χ0v) is 12.4. The van der Waals surface area contributed by atoms with Gasteiger partial charge in [0.25, 0.3) is 5.91 Å². The van der Waals surface area contributed by atoms with Crippen molar-refractivity contribution < 1.29 is 14.7 Å². The molecular weight excluding hydrogens is 312 g/mol. The van der Waals surface area contributed by atoms with E-state index in [2.05, 4.69) is 4.98 Å². The summed E-state index contributed by atoms with van der Waals surface area (Å²) in [5.41, 5.74) is 0.913. The normalized spacial score (nSPS) is 17.4. The SMILES string of the molecule is O=C(O)C1c2ccsc2CCN1C(=O)c1cnccc1Cl. The minimum atomic E-state index is -1.04. The van der Waals surface area contributed by atoms with Gasteiger partial charge in [-0.15, -0.1) is 11.3 Å². The summed E-state index contributed by atoms with van der Waals surface area (Å²) in [5.74, 6) is -1.44. The van der Waals surface area contributed by atoms with Crippen LogP contribution >= 0.6 is 22.9 Å². The average Bonchev–Trinajstić information content (AvgIpc) is 2.94. The van der Waals surface area contributed by atoms with E-state index >= 15 is 0 Å². The molecule has 2 aromatic heterocycles. The van der Waals surface area contributed by atoms with Gasteiger partial charge in [-0.1, -0.05) is 11.6 Å². The molecule has 0 saturated heterocycles. The molecule has 3 rings (SSSR count). The van der Waals surface area contributed by atoms with Crippen molar-refractivity contribution in [1.82, 2.24) is 9.88 Å². The van der Waals surface area contributed by atoms with Crippen molar-refractivity contribution >= 4 is 34.8 Å². The van der Waals surface area contributed by atoms with Crippen molar-refractivity contribution in [3.05, 3.63) is 50.9 Å². The molecule has 1 amide bonds. The molecule has 1 aliphatic heterocycles. The molecule has 0 aliphatic carbocycles. The summed E-state index contributed by atoms with van der Waals surface area (Å²) in [6, 6.07) is 2.32. The van der Waals surface area contributed by atoms with E-state index < -0.39 is 17.9 Å². The average molecular weight is 323 g/mol. The number of aromatic nitrogens is 1. The third-order valence-corrected chi connectivity index (χ3v) is 4.79. The maximum absolute atomic E-state index is 12.6. The predicted octanol–water partition coefficient (Wildman–Crippen LogP) is 2.62. The fraction of sp³-hybridized carbons (Fsp3) is 0.214. The highest BCUT2D eigenvalue weighted by Gasteiger charge is 2.37. The van der Waals surface area contributed by atoms with Gasteiger partial charge in [0.05, 0.1) is 10.6 Å². The number of carbonyl (C=O) groups is 2. The molecule has 1 aliphatic rings. The number of hydrogen-bond acceptors (Lipinski definition) is 4. The highest BCUT2D eigenvalue weighted by molar-refractivity contribution is 7.10. The van der Waals surface area contributed by atoms with Gasteiger partial charge in [-0.2, -0.15) is 0 Å². The van der Waals surface area contributed by atoms with Crippen LogP contribution in [0.5, 0.6) is 0 Å². The first-order valence-electron chi connectivity index (χ1n) is 6.29. The van der Waals surface area contributed by atoms with Crippen LogP contribution in [0.15, 0.2) is 29.9 Å². The number of nitrogens with zero attached hydrogens (tertiary/aromatic N) is 2. The molecule has 0 fully saturated rings. The summed E-state index contributed by atoms with van der Waals surface area (Å²) in [4.78, 5) is 30.5. The fourth-order valence-corrected chi connectivity index (χ4v) is 3.58. The van der Waals surface area contributed by atoms with E-state index in [9.17, 15) is 14.7 Å². The van der Waals surface area contributed by atoms with Crippen molar-refractivity contribution in [2.24, 2.45) is 0 Å². The molecule has 1 atom stereocenters. The number of halogens is 1. The Hall–Kier alpha value is -1.92. The molecule has 0 aromatic carbocycles. The number of fused-ring (bicyclic) bond motifs is 1. The molecular formula is C14H11ClN2O3S. The van der Waals surface area contributed by atoms with Crippen LogP contribution in [0.1, 0.15) is 26.8 Å². The largest absolute Gasteiger partial charge is 0.479 e. The summed E-state index contributed by atoms with van der Waals surface area (Å²) < 4.78 is 0. The second-order valence-electron chi connectivity index (χ2n) is 4.64. The Morgan fingerprint density at radius 3 is 2.95 bits per heavy atom. The van der Waals surface area contributed by atoms with E-state index in [0.717, 1.165) is 4.88 Å². The summed E-state index contributed by atoms with van der Waals surface area (Å²) >= 11 is 7.53. The van der Waals surface area contributed by atoms with Crippen LogP contribution in [0.25, 0.3) is 0 Å². The zero-order chi connectivity index (χ0) is 15.0. The van der Waals surface area contributed by atoms with Crippen LogP contribution < -0.4 is 0 Å². The van der Waals surface area contributed by atoms with Gasteiger partial charge in [0.15, 0.2) is 6.04 Å². The highest BCUT2D eigenvalue weighted by atomic mass is 35.5. The molecule has 0 spiro atoms. The Kier molecular flexibility index (Phi) is 3.65. The smallest absolute Gasteiger partial charge is 0.331 e. The Labute approximate surface area is 129 Å². The topological polar surface area (TPSA) is 70.5 Å². The lowest BCUT2D eigenvalue weighted by molar-refractivity contribution is -0.142. The molecule has 2 aromatic rings. The van der Waals surface area contributed by atoms with E-state index in [1.165, 1.54) is 34.7 Å². The standard InChI is InChI=1S/C14H11ClN2O3S/c15-10-1-4-16-7-9(10)13(18)17-5-2-11-8(3-6-21-11)12(17)14(19)20/h1,3-4,6-7,12H,2,5H2,(H,19,20). The van der Waals surface area contributed by atoms with Crippen LogP contribution in [0.3, 0.4) is 0 Å². The Morgan fingerprint density at radius 2 is 2.24 bits per heavy atom. The first-order valence-corrected chi connectivity index (χ1v) is 7.55. The number of aliphatic carboxylic acids is 1. The van der Waals surface area contributed by atoms with Gasteiger partial charge in [-0.3, -0.25) is 9.78 Å². The number of carboxylic acids is 1. The van der Waals surface area contributed by atoms with Gasteiger partial charge >= 0.3 is 5.97 Å². The molecule has 21 heavy (non-hydrogen) atoms. The van der Waals surface area contributed by atoms with E-state index in [4.69, 9.17) is 11.6 Å². The van der Waals surface area contributed by atoms with Crippen molar-refractivity contribution in [2.45, 2.75) is 12.5 Å². The maximum atomic E-state index is 12.6. The van der Waals surface area contributed by atoms with Crippen molar-refractivity contribution in [3.63, 3.8) is 0 Å². The lowest BCUT2D eigenvalue weighted by Crippen LogP contribution is -2.43. The number of pyridine rings is 1. The Bertz CT molecular complexity index is 716. The minimum Gasteiger partial charge on any atom is -0.479 e. The second-order valence-corrected chi connectivity index (χ2v) is 6.05. The predicted molar refractivity (Wildman–Crippen MR) is 78.7 cm³/mol. The molecule has 108 valence electrons. The zero-order valence-electron chi connectivity index (χ0n) is 10.8. The molecule has 5 nitrogen and oxygen atoms in total. The van der Waals surface area contributed by atoms with Crippen LogP contribution in [0.2, 0.25) is 5.02 Å². The summed E-state index contributed by atoms with van der Waals surface area (Å²) in [5, 5.41) is 11.6. The van der Waals surface area contributed by atoms with E-state index in [1.807, 2.05) is 5.38 Å². The van der Waals surface area contributed by atoms with Crippen molar-refractivity contribution in [3.8, 4) is 0 Å². The maximum Gasteiger partial charge on any atom is 0.331 e. The minimum absolute atomic E-state index is 0.226. The summed E-state index contributed by atoms with van der Waals surface area (Å²) in [6.45, 7) is 0.356. The quantitative estimate of drug-likeness (QED) is 0.922. The summed E-state index contributed by atoms with van der Waals surface area (Å²) in [7, 11) is 0. The first kappa shape index (κ1) is 14.0. The highest BCUT2D eigenvalue weighted by Crippen LogP contribution is 2.34. The number of carbonyl (C=O) groups excluding carboxylic acids is 1. The Morgan fingerprint density at radius 1 is 1.43 bits per heavy atom. The van der Waals surface area contributed by atoms with Gasteiger partial charge in [0, 0.05) is 23.8 Å². The molecule has 0 saturated carbocycles. The third-order valence-electron chi connectivity index (χ3n) is 3.46. The summed E-state index contributed by atoms with van der Waals surface area (Å²) in [6.07, 6.45) is 3.51. The number of amides is 1. The van der Waals surface area contributed by atoms with Gasteiger partial charge in [0.2, 0.25) is 0 Å². The van der Waals surface area contributed by atoms with Crippen LogP contribution in [-0.4, -0.2) is 33.4 Å². The van der Waals surface area contributed by atoms with Crippen LogP contribution in [0, 0.1) is 0 Å². The van der Waals surface area contributed by atoms with E-state index in [-0.39, 0.29) is 10.6 Å². The molecule has 0 radical (unpaired) electrons. The van der Waals surface area contributed by atoms with Crippen molar-refractivity contribution in [2.75, 3.05) is 6.54 Å². The fourth-order valence-electron chi connectivity index (χ4n) is 2.49. The molecule has 3 heterocycles. The van der Waals surface area contributed by atoms with Gasteiger partial charge in [-0.25, -0.2) is 4.79 Å². The number of rotatable bonds is 2. The van der Waals surface area contributed by atoms with Gasteiger partial charge in [-0.05, 0) is 29.5 Å².